The van der Waals surface area contributed by atoms with E-state index in [2.05, 4.69) is 15.9 Å². The number of benzene rings is 1. The summed E-state index contributed by atoms with van der Waals surface area (Å²) in [5, 5.41) is 7.69. The van der Waals surface area contributed by atoms with Gasteiger partial charge in [-0.25, -0.2) is 0 Å². The number of nitrogens with one attached hydrogen (secondary N) is 1. The van der Waals surface area contributed by atoms with Crippen LogP contribution in [0.5, 0.6) is 0 Å². The van der Waals surface area contributed by atoms with E-state index in [-0.39, 0.29) is 0 Å². The van der Waals surface area contributed by atoms with Crippen LogP contribution in [-0.2, 0) is 0 Å². The van der Waals surface area contributed by atoms with Crippen LogP contribution in [0.4, 0.5) is 0 Å². The highest BCUT2D eigenvalue weighted by atomic mass is 79.9. The van der Waals surface area contributed by atoms with Crippen molar-refractivity contribution in [3.05, 3.63) is 34.3 Å². The third-order valence-electron chi connectivity index (χ3n) is 1.55. The Morgan fingerprint density at radius 1 is 1.42 bits per heavy atom. The molecule has 0 atom stereocenters. The largest absolute Gasteiger partial charge is 0.363 e. The summed E-state index contributed by atoms with van der Waals surface area (Å²) in [4.78, 5) is 1.78. The quantitative estimate of drug-likeness (QED) is 0.578. The molecule has 0 saturated carbocycles. The van der Waals surface area contributed by atoms with Gasteiger partial charge in [-0.2, -0.15) is 0 Å². The summed E-state index contributed by atoms with van der Waals surface area (Å²) in [5.74, 6) is 0.524. The molecule has 1 N–H and O–H groups in total. The predicted molar refractivity (Wildman–Crippen MR) is 54.7 cm³/mol. The van der Waals surface area contributed by atoms with Crippen LogP contribution in [0.3, 0.4) is 0 Å². The molecule has 0 spiro atoms. The number of rotatable bonds is 1. The minimum absolute atomic E-state index is 0.524. The molecular weight excluding hydrogens is 216 g/mol. The Hall–Kier alpha value is -0.830. The maximum atomic E-state index is 7.69. The first-order chi connectivity index (χ1) is 5.61. The highest BCUT2D eigenvalue weighted by Crippen LogP contribution is 2.12. The zero-order valence-corrected chi connectivity index (χ0v) is 8.72. The molecule has 2 nitrogen and oxygen atoms in total. The number of amidine groups is 1. The molecule has 3 heteroatoms. The average Bonchev–Trinajstić information content (AvgIpc) is 2.03. The van der Waals surface area contributed by atoms with Crippen molar-refractivity contribution in [1.82, 2.24) is 4.90 Å². The minimum Gasteiger partial charge on any atom is -0.363 e. The maximum absolute atomic E-state index is 7.69. The maximum Gasteiger partial charge on any atom is 0.127 e. The molecule has 0 heterocycles. The lowest BCUT2D eigenvalue weighted by atomic mass is 10.2. The van der Waals surface area contributed by atoms with Gasteiger partial charge in [0, 0.05) is 24.1 Å². The van der Waals surface area contributed by atoms with E-state index in [1.54, 1.807) is 4.90 Å². The van der Waals surface area contributed by atoms with E-state index < -0.39 is 0 Å². The fourth-order valence-corrected chi connectivity index (χ4v) is 1.29. The van der Waals surface area contributed by atoms with Crippen molar-refractivity contribution in [2.75, 3.05) is 14.1 Å². The van der Waals surface area contributed by atoms with Crippen molar-refractivity contribution in [2.24, 2.45) is 0 Å². The van der Waals surface area contributed by atoms with E-state index in [0.717, 1.165) is 10.0 Å². The minimum atomic E-state index is 0.524. The average molecular weight is 227 g/mol. The van der Waals surface area contributed by atoms with Crippen molar-refractivity contribution in [3.63, 3.8) is 0 Å². The van der Waals surface area contributed by atoms with Crippen molar-refractivity contribution in [1.29, 1.82) is 5.41 Å². The van der Waals surface area contributed by atoms with Crippen molar-refractivity contribution < 1.29 is 0 Å². The fourth-order valence-electron chi connectivity index (χ4n) is 0.894. The lowest BCUT2D eigenvalue weighted by Crippen LogP contribution is -2.21. The summed E-state index contributed by atoms with van der Waals surface area (Å²) in [5.41, 5.74) is 0.925. The van der Waals surface area contributed by atoms with Gasteiger partial charge in [0.05, 0.1) is 0 Å². The van der Waals surface area contributed by atoms with Gasteiger partial charge in [0.15, 0.2) is 0 Å². The smallest absolute Gasteiger partial charge is 0.127 e. The van der Waals surface area contributed by atoms with Crippen LogP contribution in [-0.4, -0.2) is 24.8 Å². The second-order valence-electron chi connectivity index (χ2n) is 2.75. The van der Waals surface area contributed by atoms with E-state index in [1.165, 1.54) is 0 Å². The van der Waals surface area contributed by atoms with Gasteiger partial charge in [-0.15, -0.1) is 0 Å². The molecule has 0 aromatic heterocycles. The molecule has 0 aliphatic carbocycles. The third kappa shape index (κ3) is 2.08. The Morgan fingerprint density at radius 2 is 2.08 bits per heavy atom. The zero-order chi connectivity index (χ0) is 9.14. The summed E-state index contributed by atoms with van der Waals surface area (Å²) in [7, 11) is 3.73. The lowest BCUT2D eigenvalue weighted by Gasteiger charge is -2.13. The van der Waals surface area contributed by atoms with E-state index >= 15 is 0 Å². The molecule has 0 amide bonds. The molecule has 0 bridgehead atoms. The third-order valence-corrected chi connectivity index (χ3v) is 2.04. The molecule has 0 fully saturated rings. The van der Waals surface area contributed by atoms with Crippen LogP contribution in [0.15, 0.2) is 28.7 Å². The Kier molecular flexibility index (Phi) is 2.87. The van der Waals surface area contributed by atoms with Crippen LogP contribution in [0.1, 0.15) is 5.56 Å². The molecule has 1 aromatic rings. The highest BCUT2D eigenvalue weighted by Gasteiger charge is 2.02. The molecular formula is C9H11BrN2. The first kappa shape index (κ1) is 9.26. The van der Waals surface area contributed by atoms with E-state index in [9.17, 15) is 0 Å². The highest BCUT2D eigenvalue weighted by molar-refractivity contribution is 9.10. The Labute approximate surface area is 80.8 Å². The number of hydrogen-bond acceptors (Lipinski definition) is 1. The molecule has 0 unspecified atom stereocenters. The van der Waals surface area contributed by atoms with Crippen molar-refractivity contribution in [3.8, 4) is 0 Å². The lowest BCUT2D eigenvalue weighted by molar-refractivity contribution is 0.619. The molecule has 1 aromatic carbocycles. The van der Waals surface area contributed by atoms with Crippen LogP contribution in [0, 0.1) is 5.41 Å². The van der Waals surface area contributed by atoms with Gasteiger partial charge in [-0.3, -0.25) is 5.41 Å². The summed E-state index contributed by atoms with van der Waals surface area (Å²) >= 11 is 3.36. The second kappa shape index (κ2) is 3.72. The summed E-state index contributed by atoms with van der Waals surface area (Å²) < 4.78 is 1.01. The second-order valence-corrected chi connectivity index (χ2v) is 3.67. The monoisotopic (exact) mass is 226 g/mol. The van der Waals surface area contributed by atoms with Gasteiger partial charge in [-0.1, -0.05) is 28.1 Å². The normalized spacial score (nSPS) is 9.58. The van der Waals surface area contributed by atoms with E-state index in [0.29, 0.717) is 5.84 Å². The Balaban J connectivity index is 2.96. The molecule has 1 rings (SSSR count). The van der Waals surface area contributed by atoms with Crippen LogP contribution >= 0.6 is 15.9 Å². The predicted octanol–water partition coefficient (Wildman–Crippen LogP) is 2.34. The number of hydrogen-bond donors (Lipinski definition) is 1. The molecule has 64 valence electrons. The van der Waals surface area contributed by atoms with E-state index in [4.69, 9.17) is 5.41 Å². The van der Waals surface area contributed by atoms with Gasteiger partial charge in [0.25, 0.3) is 0 Å². The Bertz CT molecular complexity index is 294. The molecule has 0 saturated heterocycles. The van der Waals surface area contributed by atoms with Crippen LogP contribution < -0.4 is 0 Å². The first-order valence-corrected chi connectivity index (χ1v) is 4.42. The number of nitrogens with zero attached hydrogens (tertiary/aromatic N) is 1. The standard InChI is InChI=1S/C9H11BrN2/c1-12(2)9(11)7-4-3-5-8(10)6-7/h3-6,11H,1-2H3. The number of halogens is 1. The SMILES string of the molecule is CN(C)C(=N)c1cccc(Br)c1. The van der Waals surface area contributed by atoms with Crippen molar-refractivity contribution >= 4 is 21.8 Å². The van der Waals surface area contributed by atoms with Crippen LogP contribution in [0.25, 0.3) is 0 Å². The van der Waals surface area contributed by atoms with Gasteiger partial charge in [-0.05, 0) is 12.1 Å². The van der Waals surface area contributed by atoms with Gasteiger partial charge < -0.3 is 4.90 Å². The summed E-state index contributed by atoms with van der Waals surface area (Å²) in [6.07, 6.45) is 0. The zero-order valence-electron chi connectivity index (χ0n) is 7.13. The summed E-state index contributed by atoms with van der Waals surface area (Å²) in [6, 6.07) is 7.74. The van der Waals surface area contributed by atoms with Gasteiger partial charge in [0.2, 0.25) is 0 Å². The molecule has 0 radical (unpaired) electrons. The van der Waals surface area contributed by atoms with E-state index in [1.807, 2.05) is 38.4 Å². The first-order valence-electron chi connectivity index (χ1n) is 3.63. The van der Waals surface area contributed by atoms with Crippen LogP contribution in [0.2, 0.25) is 0 Å². The van der Waals surface area contributed by atoms with Gasteiger partial charge >= 0.3 is 0 Å². The fraction of sp³-hybridized carbons (Fsp3) is 0.222. The molecule has 0 aliphatic heterocycles. The topological polar surface area (TPSA) is 27.1 Å². The van der Waals surface area contributed by atoms with Gasteiger partial charge in [0.1, 0.15) is 5.84 Å². The summed E-state index contributed by atoms with van der Waals surface area (Å²) in [6.45, 7) is 0. The molecule has 0 aliphatic rings. The molecule has 12 heavy (non-hydrogen) atoms. The Morgan fingerprint density at radius 3 is 2.58 bits per heavy atom. The van der Waals surface area contributed by atoms with Crippen molar-refractivity contribution in [2.45, 2.75) is 0 Å².